The molecule has 12 aromatic rings. The molecule has 0 aliphatic carbocycles. The Bertz CT molecular complexity index is 5360. The average Bonchev–Trinajstić information content (AvgIpc) is 0.787. The van der Waals surface area contributed by atoms with E-state index in [9.17, 15) is 90.7 Å². The van der Waals surface area contributed by atoms with Crippen LogP contribution in [0.4, 0.5) is 79.8 Å². The van der Waals surface area contributed by atoms with Crippen LogP contribution in [0.2, 0.25) is 0 Å². The van der Waals surface area contributed by atoms with Crippen LogP contribution in [0.3, 0.4) is 0 Å². The normalized spacial score (nSPS) is 12.3. The van der Waals surface area contributed by atoms with Crippen LogP contribution in [0.15, 0.2) is 233 Å². The highest BCUT2D eigenvalue weighted by Crippen LogP contribution is 2.40. The van der Waals surface area contributed by atoms with Gasteiger partial charge < -0.3 is 4.74 Å². The lowest BCUT2D eigenvalue weighted by Gasteiger charge is -2.14. The van der Waals surface area contributed by atoms with Gasteiger partial charge in [0.15, 0.2) is 15.1 Å². The number of hydrogen-bond donors (Lipinski definition) is 4. The van der Waals surface area contributed by atoms with Crippen molar-refractivity contribution in [3.63, 3.8) is 0 Å². The van der Waals surface area contributed by atoms with Gasteiger partial charge in [-0.05, 0) is 109 Å². The zero-order chi connectivity index (χ0) is 71.1. The molecule has 21 nitrogen and oxygen atoms in total. The third-order valence-corrected chi connectivity index (χ3v) is 18.0. The van der Waals surface area contributed by atoms with Crippen LogP contribution in [-0.2, 0) is 58.6 Å². The molecule has 0 bridgehead atoms. The molecule has 0 saturated heterocycles. The number of aromatic nitrogens is 8. The van der Waals surface area contributed by atoms with E-state index in [0.29, 0.717) is 35.3 Å². The summed E-state index contributed by atoms with van der Waals surface area (Å²) < 4.78 is 279. The van der Waals surface area contributed by atoms with Crippen LogP contribution in [0.1, 0.15) is 16.8 Å². The topological polar surface area (TPSA) is 297 Å². The molecule has 0 aliphatic rings. The molecular formula is C60H39F13N12O9S4. The molecule has 38 heteroatoms. The van der Waals surface area contributed by atoms with Gasteiger partial charge in [-0.25, -0.2) is 27.8 Å². The highest BCUT2D eigenvalue weighted by Gasteiger charge is 2.37. The lowest BCUT2D eigenvalue weighted by atomic mass is 10.1. The fraction of sp³-hybridized carbons (Fsp3) is 0.0667. The Morgan fingerprint density at radius 1 is 0.337 bits per heavy atom. The van der Waals surface area contributed by atoms with E-state index in [2.05, 4.69) is 58.8 Å². The zero-order valence-electron chi connectivity index (χ0n) is 48.5. The molecular weight excluding hydrogens is 1410 g/mol. The number of pyridine rings is 8. The molecule has 8 heterocycles. The first-order valence-electron chi connectivity index (χ1n) is 27.0. The molecule has 0 saturated carbocycles. The van der Waals surface area contributed by atoms with Gasteiger partial charge in [0.2, 0.25) is 0 Å². The highest BCUT2D eigenvalue weighted by atomic mass is 32.2. The number of fused-ring (bicyclic) bond motifs is 4. The Balaban J connectivity index is 0.000000154. The van der Waals surface area contributed by atoms with E-state index in [0.717, 1.165) is 42.5 Å². The second-order valence-corrected chi connectivity index (χ2v) is 26.1. The smallest absolute Gasteiger partial charge is 0.406 e. The highest BCUT2D eigenvalue weighted by molar-refractivity contribution is 7.93. The molecule has 0 aliphatic heterocycles. The summed E-state index contributed by atoms with van der Waals surface area (Å²) in [6.07, 6.45) is -9.07. The Hall–Kier alpha value is -11.0. The van der Waals surface area contributed by atoms with Gasteiger partial charge in [0.1, 0.15) is 22.2 Å². The number of ether oxygens (including phenoxy) is 1. The molecule has 4 N–H and O–H groups in total. The quantitative estimate of drug-likeness (QED) is 0.0780. The van der Waals surface area contributed by atoms with Crippen molar-refractivity contribution in [2.45, 2.75) is 44.9 Å². The number of halogens is 13. The van der Waals surface area contributed by atoms with Crippen molar-refractivity contribution < 1.29 is 95.5 Å². The summed E-state index contributed by atoms with van der Waals surface area (Å²) in [5.41, 5.74) is -3.36. The molecule has 0 atom stereocenters. The summed E-state index contributed by atoms with van der Waals surface area (Å²) >= 11 is 0. The molecule has 0 spiro atoms. The van der Waals surface area contributed by atoms with E-state index in [1.807, 2.05) is 4.72 Å². The number of nitrogens with zero attached hydrogens (tertiary/aromatic N) is 8. The lowest BCUT2D eigenvalue weighted by molar-refractivity contribution is -0.274. The van der Waals surface area contributed by atoms with Gasteiger partial charge in [0.25, 0.3) is 40.1 Å². The van der Waals surface area contributed by atoms with Crippen molar-refractivity contribution in [1.29, 1.82) is 0 Å². The van der Waals surface area contributed by atoms with E-state index in [-0.39, 0.29) is 70.5 Å². The number of nitrogens with one attached hydrogen (secondary N) is 4. The maximum absolute atomic E-state index is 13.6. The number of anilines is 4. The van der Waals surface area contributed by atoms with E-state index in [1.165, 1.54) is 116 Å². The molecule has 0 fully saturated rings. The molecule has 8 aromatic heterocycles. The van der Waals surface area contributed by atoms with Crippen molar-refractivity contribution in [1.82, 2.24) is 39.9 Å². The van der Waals surface area contributed by atoms with Crippen LogP contribution < -0.4 is 23.6 Å². The van der Waals surface area contributed by atoms with Crippen molar-refractivity contribution in [2.75, 3.05) is 18.9 Å². The number of benzene rings is 4. The standard InChI is InChI=1S/C16H9F6N3O2S.C15H10F3N3O3S.C15H10F3N3O2S.C14H10FN3O2S/c17-15(18,19)11-4-5-12(14-10(11)2-1-7-23-14)25-28(26,27)9-3-6-13(24-8-9)16(20,21)22;16-15(17,18)24-11-8-10-4-3-7-20-14(10)12(9-11)21-25(22,23)13-5-1-2-6-19-13;16-15(17,18)11-6-7-12(14-10(11)4-3-9-20-14)21-24(22,23)13-5-1-2-8-19-13;15-11-8-10-4-3-7-17-14(10)12(9-11)18-21(19,20)13-5-1-2-6-16-13/h1-8,25H;1-9,21H;1-9,21H;1-9,18H. The molecule has 0 amide bonds. The molecule has 508 valence electrons. The third-order valence-electron chi connectivity index (χ3n) is 12.8. The summed E-state index contributed by atoms with van der Waals surface area (Å²) in [5.74, 6) is -1.11. The van der Waals surface area contributed by atoms with E-state index in [1.54, 1.807) is 30.3 Å². The van der Waals surface area contributed by atoms with Crippen LogP contribution in [0.25, 0.3) is 43.6 Å². The van der Waals surface area contributed by atoms with E-state index < -0.39 is 98.3 Å². The van der Waals surface area contributed by atoms with E-state index >= 15 is 0 Å². The first-order valence-corrected chi connectivity index (χ1v) is 32.9. The summed E-state index contributed by atoms with van der Waals surface area (Å²) in [7, 11) is -16.4. The zero-order valence-corrected chi connectivity index (χ0v) is 51.8. The van der Waals surface area contributed by atoms with Crippen molar-refractivity contribution >= 4 is 106 Å². The van der Waals surface area contributed by atoms with Gasteiger partial charge in [-0.1, -0.05) is 42.5 Å². The Morgan fingerprint density at radius 3 is 1.11 bits per heavy atom. The first kappa shape index (κ1) is 71.3. The second-order valence-electron chi connectivity index (χ2n) is 19.5. The third kappa shape index (κ3) is 17.7. The molecule has 0 unspecified atom stereocenters. The Labute approximate surface area is 544 Å². The van der Waals surface area contributed by atoms with Gasteiger partial charge in [-0.15, -0.1) is 13.2 Å². The van der Waals surface area contributed by atoms with Gasteiger partial charge in [-0.2, -0.15) is 64.8 Å². The van der Waals surface area contributed by atoms with E-state index in [4.69, 9.17) is 0 Å². The number of sulfonamides is 4. The number of rotatable bonds is 13. The predicted octanol–water partition coefficient (Wildman–Crippen LogP) is 13.8. The van der Waals surface area contributed by atoms with Crippen molar-refractivity contribution in [3.05, 3.63) is 236 Å². The van der Waals surface area contributed by atoms with Crippen LogP contribution in [-0.4, -0.2) is 79.9 Å². The second kappa shape index (κ2) is 28.4. The maximum atomic E-state index is 13.6. The minimum Gasteiger partial charge on any atom is -0.406 e. The minimum absolute atomic E-state index is 0.0516. The number of hydrogen-bond acceptors (Lipinski definition) is 17. The van der Waals surface area contributed by atoms with Crippen LogP contribution in [0.5, 0.6) is 5.75 Å². The van der Waals surface area contributed by atoms with Gasteiger partial charge in [0, 0.05) is 83.3 Å². The summed E-state index contributed by atoms with van der Waals surface area (Å²) in [5, 5.41) is -0.389. The summed E-state index contributed by atoms with van der Waals surface area (Å²) in [6.45, 7) is 0. The molecule has 0 radical (unpaired) electrons. The summed E-state index contributed by atoms with van der Waals surface area (Å²) in [4.78, 5) is 29.5. The average molecular weight is 1450 g/mol. The lowest BCUT2D eigenvalue weighted by Crippen LogP contribution is -2.18. The van der Waals surface area contributed by atoms with Gasteiger partial charge in [0.05, 0.1) is 55.9 Å². The van der Waals surface area contributed by atoms with Crippen LogP contribution in [0, 0.1) is 5.82 Å². The molecule has 12 rings (SSSR count). The van der Waals surface area contributed by atoms with Crippen molar-refractivity contribution in [3.8, 4) is 5.75 Å². The SMILES string of the molecule is O=S(=O)(Nc1cc(F)cc2cccnc12)c1ccccn1.O=S(=O)(Nc1cc(OC(F)(F)F)cc2cccnc12)c1ccccn1.O=S(=O)(Nc1ccc(C(F)(F)F)c2cccnc12)c1ccc(C(F)(F)F)nc1.O=S(=O)(Nc1ccc(C(F)(F)F)c2cccnc12)c1ccccn1. The maximum Gasteiger partial charge on any atom is 0.573 e. The minimum atomic E-state index is -4.91. The largest absolute Gasteiger partial charge is 0.573 e. The van der Waals surface area contributed by atoms with Crippen LogP contribution >= 0.6 is 0 Å². The number of alkyl halides is 12. The molecule has 4 aromatic carbocycles. The fourth-order valence-electron chi connectivity index (χ4n) is 8.69. The summed E-state index contributed by atoms with van der Waals surface area (Å²) in [6, 6.07) is 33.4. The first-order chi connectivity index (χ1) is 46.0. The van der Waals surface area contributed by atoms with Crippen molar-refractivity contribution in [2.24, 2.45) is 0 Å². The van der Waals surface area contributed by atoms with Gasteiger partial charge >= 0.3 is 24.9 Å². The van der Waals surface area contributed by atoms with Gasteiger partial charge in [-0.3, -0.25) is 43.8 Å². The Morgan fingerprint density at radius 2 is 0.724 bits per heavy atom. The fourth-order valence-corrected chi connectivity index (χ4v) is 12.7. The predicted molar refractivity (Wildman–Crippen MR) is 329 cm³/mol. The monoisotopic (exact) mass is 1450 g/mol. The molecule has 98 heavy (non-hydrogen) atoms. The Kier molecular flexibility index (Phi) is 20.6.